The Bertz CT molecular complexity index is 696. The van der Waals surface area contributed by atoms with Crippen molar-refractivity contribution in [3.8, 4) is 0 Å². The molecule has 1 heterocycles. The molecule has 2 rings (SSSR count). The number of carbonyl (C=O) groups is 1. The number of aromatic nitrogens is 1. The minimum atomic E-state index is -0.662. The highest BCUT2D eigenvalue weighted by Gasteiger charge is 2.21. The summed E-state index contributed by atoms with van der Waals surface area (Å²) >= 11 is 0. The van der Waals surface area contributed by atoms with Crippen molar-refractivity contribution in [1.82, 2.24) is 4.57 Å². The quantitative estimate of drug-likeness (QED) is 0.508. The number of hydrogen-bond donors (Lipinski definition) is 2. The van der Waals surface area contributed by atoms with Gasteiger partial charge >= 0.3 is 5.82 Å². The van der Waals surface area contributed by atoms with Gasteiger partial charge in [-0.25, -0.2) is 8.96 Å². The smallest absolute Gasteiger partial charge is 0.323 e. The van der Waals surface area contributed by atoms with Gasteiger partial charge in [0.1, 0.15) is 5.82 Å². The lowest BCUT2D eigenvalue weighted by Gasteiger charge is -2.06. The normalized spacial score (nSPS) is 10.3. The number of carbonyl (C=O) groups excluding carboxylic acids is 1. The second-order valence-corrected chi connectivity index (χ2v) is 4.09. The highest BCUT2D eigenvalue weighted by atomic mass is 19.1. The molecular weight excluding hydrogens is 267 g/mol. The molecule has 0 bridgehead atoms. The van der Waals surface area contributed by atoms with E-state index in [2.05, 4.69) is 5.32 Å². The molecule has 0 atom stereocenters. The molecule has 104 valence electrons. The van der Waals surface area contributed by atoms with E-state index >= 15 is 0 Å². The van der Waals surface area contributed by atoms with Crippen LogP contribution in [0.1, 0.15) is 10.5 Å². The van der Waals surface area contributed by atoms with E-state index in [9.17, 15) is 19.3 Å². The van der Waals surface area contributed by atoms with Crippen LogP contribution in [0.3, 0.4) is 0 Å². The molecule has 0 radical (unpaired) electrons. The third-order valence-electron chi connectivity index (χ3n) is 2.75. The molecule has 0 saturated carbocycles. The highest BCUT2D eigenvalue weighted by Crippen LogP contribution is 2.20. The van der Waals surface area contributed by atoms with Crippen LogP contribution in [0, 0.1) is 15.9 Å². The van der Waals surface area contributed by atoms with Gasteiger partial charge in [0.15, 0.2) is 5.69 Å². The molecule has 0 spiro atoms. The maximum Gasteiger partial charge on any atom is 0.323 e. The van der Waals surface area contributed by atoms with Crippen LogP contribution >= 0.6 is 0 Å². The third kappa shape index (κ3) is 2.44. The number of nitrogens with two attached hydrogens (primary N) is 1. The fourth-order valence-corrected chi connectivity index (χ4v) is 1.74. The first kappa shape index (κ1) is 13.5. The van der Waals surface area contributed by atoms with Gasteiger partial charge in [-0.2, -0.15) is 0 Å². The van der Waals surface area contributed by atoms with Gasteiger partial charge in [-0.3, -0.25) is 4.79 Å². The Morgan fingerprint density at radius 2 is 2.10 bits per heavy atom. The van der Waals surface area contributed by atoms with Crippen LogP contribution in [0.25, 0.3) is 0 Å². The minimum Gasteiger partial charge on any atom is -0.399 e. The first-order valence-electron chi connectivity index (χ1n) is 5.56. The van der Waals surface area contributed by atoms with Crippen LogP contribution in [-0.2, 0) is 7.05 Å². The second-order valence-electron chi connectivity index (χ2n) is 4.09. The zero-order chi connectivity index (χ0) is 14.9. The molecule has 1 aromatic carbocycles. The third-order valence-corrected chi connectivity index (χ3v) is 2.75. The standard InChI is InChI=1S/C12H11FN4O3/c1-16-10(4-5-11(16)17(19)20)12(18)15-9-6-7(14)2-3-8(9)13/h2-6H,14H2,1H3,(H,15,18). The zero-order valence-electron chi connectivity index (χ0n) is 10.5. The van der Waals surface area contributed by atoms with Gasteiger partial charge in [-0.1, -0.05) is 0 Å². The number of nitrogen functional groups attached to an aromatic ring is 1. The van der Waals surface area contributed by atoms with E-state index in [1.165, 1.54) is 31.3 Å². The molecule has 0 aliphatic heterocycles. The summed E-state index contributed by atoms with van der Waals surface area (Å²) in [6.45, 7) is 0. The van der Waals surface area contributed by atoms with Crippen LogP contribution < -0.4 is 11.1 Å². The average molecular weight is 278 g/mol. The van der Waals surface area contributed by atoms with Crippen molar-refractivity contribution in [2.45, 2.75) is 0 Å². The molecular formula is C12H11FN4O3. The largest absolute Gasteiger partial charge is 0.399 e. The van der Waals surface area contributed by atoms with Crippen molar-refractivity contribution in [1.29, 1.82) is 0 Å². The van der Waals surface area contributed by atoms with Crippen molar-refractivity contribution < 1.29 is 14.1 Å². The van der Waals surface area contributed by atoms with Crippen molar-refractivity contribution in [2.24, 2.45) is 7.05 Å². The molecule has 0 saturated heterocycles. The van der Waals surface area contributed by atoms with E-state index in [1.807, 2.05) is 0 Å². The van der Waals surface area contributed by atoms with E-state index in [0.717, 1.165) is 10.6 Å². The summed E-state index contributed by atoms with van der Waals surface area (Å²) in [4.78, 5) is 22.1. The van der Waals surface area contributed by atoms with Crippen molar-refractivity contribution in [3.63, 3.8) is 0 Å². The summed E-state index contributed by atoms with van der Waals surface area (Å²) in [5.74, 6) is -1.54. The number of nitro groups is 1. The number of rotatable bonds is 3. The van der Waals surface area contributed by atoms with Gasteiger partial charge in [0.2, 0.25) is 0 Å². The molecule has 0 fully saturated rings. The first-order chi connectivity index (χ1) is 9.40. The monoisotopic (exact) mass is 278 g/mol. The van der Waals surface area contributed by atoms with E-state index in [-0.39, 0.29) is 17.2 Å². The van der Waals surface area contributed by atoms with Gasteiger partial charge in [-0.15, -0.1) is 0 Å². The summed E-state index contributed by atoms with van der Waals surface area (Å²) < 4.78 is 14.6. The predicted molar refractivity (Wildman–Crippen MR) is 70.8 cm³/mol. The molecule has 0 aliphatic rings. The fraction of sp³-hybridized carbons (Fsp3) is 0.0833. The lowest BCUT2D eigenvalue weighted by atomic mass is 10.2. The maximum absolute atomic E-state index is 13.5. The number of benzene rings is 1. The lowest BCUT2D eigenvalue weighted by Crippen LogP contribution is -2.17. The van der Waals surface area contributed by atoms with Crippen molar-refractivity contribution >= 4 is 23.1 Å². The number of anilines is 2. The summed E-state index contributed by atoms with van der Waals surface area (Å²) in [7, 11) is 1.38. The Labute approximate surface area is 113 Å². The molecule has 3 N–H and O–H groups in total. The number of nitrogens with zero attached hydrogens (tertiary/aromatic N) is 2. The Balaban J connectivity index is 2.29. The summed E-state index contributed by atoms with van der Waals surface area (Å²) in [5, 5.41) is 13.0. The van der Waals surface area contributed by atoms with Gasteiger partial charge in [0.05, 0.1) is 12.7 Å². The molecule has 1 amide bonds. The van der Waals surface area contributed by atoms with Crippen LogP contribution in [0.5, 0.6) is 0 Å². The second kappa shape index (κ2) is 5.00. The van der Waals surface area contributed by atoms with Crippen LogP contribution in [-0.4, -0.2) is 15.4 Å². The molecule has 1 aromatic heterocycles. The maximum atomic E-state index is 13.5. The summed E-state index contributed by atoms with van der Waals surface area (Å²) in [5.41, 5.74) is 5.75. The molecule has 7 nitrogen and oxygen atoms in total. The summed E-state index contributed by atoms with van der Waals surface area (Å²) in [6, 6.07) is 6.24. The van der Waals surface area contributed by atoms with Crippen LogP contribution in [0.4, 0.5) is 21.6 Å². The number of nitrogens with one attached hydrogen (secondary N) is 1. The molecule has 0 aliphatic carbocycles. The minimum absolute atomic E-state index is 0.0403. The average Bonchev–Trinajstić information content (AvgIpc) is 2.76. The summed E-state index contributed by atoms with van der Waals surface area (Å²) in [6.07, 6.45) is 0. The number of halogens is 1. The fourth-order valence-electron chi connectivity index (χ4n) is 1.74. The Morgan fingerprint density at radius 3 is 2.70 bits per heavy atom. The zero-order valence-corrected chi connectivity index (χ0v) is 10.5. The predicted octanol–water partition coefficient (Wildman–Crippen LogP) is 1.91. The van der Waals surface area contributed by atoms with Crippen molar-refractivity contribution in [2.75, 3.05) is 11.1 Å². The molecule has 20 heavy (non-hydrogen) atoms. The van der Waals surface area contributed by atoms with E-state index in [0.29, 0.717) is 5.69 Å². The highest BCUT2D eigenvalue weighted by molar-refractivity contribution is 6.03. The van der Waals surface area contributed by atoms with E-state index in [1.54, 1.807) is 0 Å². The lowest BCUT2D eigenvalue weighted by molar-refractivity contribution is -0.391. The first-order valence-corrected chi connectivity index (χ1v) is 5.56. The van der Waals surface area contributed by atoms with Gasteiger partial charge in [0.25, 0.3) is 5.91 Å². The molecule has 0 unspecified atom stereocenters. The number of hydrogen-bond acceptors (Lipinski definition) is 4. The molecule has 8 heteroatoms. The topological polar surface area (TPSA) is 103 Å². The Kier molecular flexibility index (Phi) is 3.38. The van der Waals surface area contributed by atoms with Gasteiger partial charge < -0.3 is 21.2 Å². The van der Waals surface area contributed by atoms with E-state index in [4.69, 9.17) is 5.73 Å². The van der Waals surface area contributed by atoms with Crippen molar-refractivity contribution in [3.05, 3.63) is 52.0 Å². The SMILES string of the molecule is Cn1c(C(=O)Nc2cc(N)ccc2F)ccc1[N+](=O)[O-]. The molecule has 2 aromatic rings. The number of amides is 1. The van der Waals surface area contributed by atoms with Gasteiger partial charge in [-0.05, 0) is 29.2 Å². The Hall–Kier alpha value is -2.90. The van der Waals surface area contributed by atoms with Crippen LogP contribution in [0.15, 0.2) is 30.3 Å². The van der Waals surface area contributed by atoms with Crippen LogP contribution in [0.2, 0.25) is 0 Å². The van der Waals surface area contributed by atoms with E-state index < -0.39 is 16.6 Å². The van der Waals surface area contributed by atoms with Gasteiger partial charge in [0, 0.05) is 11.8 Å². The Morgan fingerprint density at radius 1 is 1.40 bits per heavy atom.